The van der Waals surface area contributed by atoms with E-state index in [1.807, 2.05) is 20.8 Å². The Morgan fingerprint density at radius 3 is 2.11 bits per heavy atom. The Morgan fingerprint density at radius 1 is 0.947 bits per heavy atom. The van der Waals surface area contributed by atoms with E-state index in [0.717, 1.165) is 14.3 Å². The molecule has 202 valence electrons. The Balaban J connectivity index is 2.04. The van der Waals surface area contributed by atoms with Crippen molar-refractivity contribution in [3.05, 3.63) is 93.9 Å². The molecule has 0 saturated heterocycles. The van der Waals surface area contributed by atoms with E-state index in [1.165, 1.54) is 17.0 Å². The molecular formula is C28H31BrClN3O4S. The number of hydrogen-bond donors (Lipinski definition) is 1. The first-order chi connectivity index (χ1) is 18.0. The zero-order chi connectivity index (χ0) is 27.9. The SMILES string of the molecule is CC[C@@H](C(=O)NC(C)C)N(Cc1ccc(Cl)cc1)C(=O)CN(c1ccc(Br)cc1)S(=O)(=O)c1ccccc1. The van der Waals surface area contributed by atoms with Crippen LogP contribution in [0.1, 0.15) is 32.8 Å². The molecule has 0 aliphatic rings. The van der Waals surface area contributed by atoms with E-state index in [0.29, 0.717) is 17.1 Å². The predicted molar refractivity (Wildman–Crippen MR) is 154 cm³/mol. The van der Waals surface area contributed by atoms with Crippen LogP contribution in [0.5, 0.6) is 0 Å². The standard InChI is InChI=1S/C28H31BrClN3O4S/c1-4-26(28(35)31-20(2)3)32(18-21-10-14-23(30)15-11-21)27(34)19-33(24-16-12-22(29)13-17-24)38(36,37)25-8-6-5-7-9-25/h5-17,20,26H,4,18-19H2,1-3H3,(H,31,35)/t26-/m0/s1. The van der Waals surface area contributed by atoms with Gasteiger partial charge in [-0.25, -0.2) is 8.42 Å². The van der Waals surface area contributed by atoms with Crippen LogP contribution in [-0.2, 0) is 26.2 Å². The quantitative estimate of drug-likeness (QED) is 0.301. The van der Waals surface area contributed by atoms with Crippen molar-refractivity contribution in [3.8, 4) is 0 Å². The first-order valence-corrected chi connectivity index (χ1v) is 14.8. The summed E-state index contributed by atoms with van der Waals surface area (Å²) >= 11 is 9.42. The lowest BCUT2D eigenvalue weighted by Gasteiger charge is -2.33. The Kier molecular flexibility index (Phi) is 10.4. The predicted octanol–water partition coefficient (Wildman–Crippen LogP) is 5.63. The number of rotatable bonds is 11. The highest BCUT2D eigenvalue weighted by Gasteiger charge is 2.33. The van der Waals surface area contributed by atoms with Crippen LogP contribution in [0.2, 0.25) is 5.02 Å². The van der Waals surface area contributed by atoms with Crippen molar-refractivity contribution >= 4 is 55.1 Å². The van der Waals surface area contributed by atoms with Crippen molar-refractivity contribution in [2.45, 2.75) is 50.7 Å². The molecule has 0 aromatic heterocycles. The van der Waals surface area contributed by atoms with Crippen LogP contribution in [0.4, 0.5) is 5.69 Å². The van der Waals surface area contributed by atoms with Gasteiger partial charge in [-0.3, -0.25) is 13.9 Å². The maximum absolute atomic E-state index is 13.9. The van der Waals surface area contributed by atoms with Gasteiger partial charge in [0.1, 0.15) is 12.6 Å². The number of carbonyl (C=O) groups is 2. The second kappa shape index (κ2) is 13.3. The first-order valence-electron chi connectivity index (χ1n) is 12.2. The zero-order valence-corrected chi connectivity index (χ0v) is 24.6. The van der Waals surface area contributed by atoms with Gasteiger partial charge in [-0.15, -0.1) is 0 Å². The smallest absolute Gasteiger partial charge is 0.264 e. The summed E-state index contributed by atoms with van der Waals surface area (Å²) in [6.45, 7) is 5.13. The van der Waals surface area contributed by atoms with Gasteiger partial charge < -0.3 is 10.2 Å². The van der Waals surface area contributed by atoms with Gasteiger partial charge in [-0.1, -0.05) is 64.8 Å². The number of benzene rings is 3. The molecule has 3 aromatic rings. The van der Waals surface area contributed by atoms with Gasteiger partial charge in [0, 0.05) is 22.1 Å². The molecule has 2 amide bonds. The Labute approximate surface area is 238 Å². The molecular weight excluding hydrogens is 590 g/mol. The molecule has 1 atom stereocenters. The molecule has 1 N–H and O–H groups in total. The Hall–Kier alpha value is -2.88. The molecule has 3 aromatic carbocycles. The van der Waals surface area contributed by atoms with E-state index in [4.69, 9.17) is 11.6 Å². The third kappa shape index (κ3) is 7.58. The van der Waals surface area contributed by atoms with Gasteiger partial charge >= 0.3 is 0 Å². The fourth-order valence-electron chi connectivity index (χ4n) is 3.94. The molecule has 0 heterocycles. The lowest BCUT2D eigenvalue weighted by Crippen LogP contribution is -2.53. The summed E-state index contributed by atoms with van der Waals surface area (Å²) in [5.41, 5.74) is 1.09. The van der Waals surface area contributed by atoms with Crippen LogP contribution in [0.15, 0.2) is 88.2 Å². The molecule has 0 spiro atoms. The summed E-state index contributed by atoms with van der Waals surface area (Å²) in [6, 6.07) is 20.7. The van der Waals surface area contributed by atoms with Gasteiger partial charge in [0.2, 0.25) is 11.8 Å². The van der Waals surface area contributed by atoms with Gasteiger partial charge in [0.15, 0.2) is 0 Å². The summed E-state index contributed by atoms with van der Waals surface area (Å²) in [7, 11) is -4.09. The first kappa shape index (κ1) is 29.7. The molecule has 7 nitrogen and oxygen atoms in total. The van der Waals surface area contributed by atoms with Crippen molar-refractivity contribution < 1.29 is 18.0 Å². The van der Waals surface area contributed by atoms with Crippen molar-refractivity contribution in [3.63, 3.8) is 0 Å². The van der Waals surface area contributed by atoms with Crippen LogP contribution >= 0.6 is 27.5 Å². The summed E-state index contributed by atoms with van der Waals surface area (Å²) in [5.74, 6) is -0.806. The van der Waals surface area contributed by atoms with Crippen LogP contribution in [0.25, 0.3) is 0 Å². The van der Waals surface area contributed by atoms with Crippen molar-refractivity contribution in [1.82, 2.24) is 10.2 Å². The number of carbonyl (C=O) groups excluding carboxylic acids is 2. The number of anilines is 1. The minimum Gasteiger partial charge on any atom is -0.352 e. The molecule has 0 radical (unpaired) electrons. The average Bonchev–Trinajstić information content (AvgIpc) is 2.89. The van der Waals surface area contributed by atoms with Gasteiger partial charge in [0.05, 0.1) is 10.6 Å². The number of halogens is 2. The van der Waals surface area contributed by atoms with Gasteiger partial charge in [0.25, 0.3) is 10.0 Å². The number of amides is 2. The third-order valence-electron chi connectivity index (χ3n) is 5.81. The van der Waals surface area contributed by atoms with E-state index >= 15 is 0 Å². The number of sulfonamides is 1. The van der Waals surface area contributed by atoms with Crippen molar-refractivity contribution in [2.24, 2.45) is 0 Å². The van der Waals surface area contributed by atoms with Crippen molar-refractivity contribution in [2.75, 3.05) is 10.8 Å². The van der Waals surface area contributed by atoms with Crippen molar-refractivity contribution in [1.29, 1.82) is 0 Å². The highest BCUT2D eigenvalue weighted by atomic mass is 79.9. The largest absolute Gasteiger partial charge is 0.352 e. The fraction of sp³-hybridized carbons (Fsp3) is 0.286. The Morgan fingerprint density at radius 2 is 1.55 bits per heavy atom. The molecule has 0 aliphatic heterocycles. The molecule has 0 fully saturated rings. The topological polar surface area (TPSA) is 86.8 Å². The van der Waals surface area contributed by atoms with E-state index in [1.54, 1.807) is 66.7 Å². The minimum absolute atomic E-state index is 0.0598. The molecule has 0 unspecified atom stereocenters. The van der Waals surface area contributed by atoms with Gasteiger partial charge in [-0.05, 0) is 74.4 Å². The molecule has 0 aliphatic carbocycles. The third-order valence-corrected chi connectivity index (χ3v) is 8.38. The minimum atomic E-state index is -4.09. The highest BCUT2D eigenvalue weighted by Crippen LogP contribution is 2.26. The lowest BCUT2D eigenvalue weighted by atomic mass is 10.1. The molecule has 10 heteroatoms. The zero-order valence-electron chi connectivity index (χ0n) is 21.5. The normalized spacial score (nSPS) is 12.2. The molecule has 3 rings (SSSR count). The number of nitrogens with one attached hydrogen (secondary N) is 1. The molecule has 38 heavy (non-hydrogen) atoms. The fourth-order valence-corrected chi connectivity index (χ4v) is 5.77. The van der Waals surface area contributed by atoms with E-state index < -0.39 is 28.5 Å². The summed E-state index contributed by atoms with van der Waals surface area (Å²) in [6.07, 6.45) is 0.349. The van der Waals surface area contributed by atoms with E-state index in [9.17, 15) is 18.0 Å². The molecule has 0 saturated carbocycles. The van der Waals surface area contributed by atoms with Crippen LogP contribution in [0.3, 0.4) is 0 Å². The summed E-state index contributed by atoms with van der Waals surface area (Å²) in [5, 5.41) is 3.43. The van der Waals surface area contributed by atoms with Crippen LogP contribution in [0, 0.1) is 0 Å². The lowest BCUT2D eigenvalue weighted by molar-refractivity contribution is -0.140. The average molecular weight is 621 g/mol. The highest BCUT2D eigenvalue weighted by molar-refractivity contribution is 9.10. The second-order valence-electron chi connectivity index (χ2n) is 9.04. The Bertz CT molecular complexity index is 1330. The maximum Gasteiger partial charge on any atom is 0.264 e. The van der Waals surface area contributed by atoms with Crippen LogP contribution < -0.4 is 9.62 Å². The molecule has 0 bridgehead atoms. The monoisotopic (exact) mass is 619 g/mol. The second-order valence-corrected chi connectivity index (χ2v) is 12.3. The van der Waals surface area contributed by atoms with E-state index in [2.05, 4.69) is 21.2 Å². The van der Waals surface area contributed by atoms with Crippen LogP contribution in [-0.4, -0.2) is 43.8 Å². The summed E-state index contributed by atoms with van der Waals surface area (Å²) < 4.78 is 29.3. The summed E-state index contributed by atoms with van der Waals surface area (Å²) in [4.78, 5) is 28.6. The van der Waals surface area contributed by atoms with E-state index in [-0.39, 0.29) is 23.4 Å². The van der Waals surface area contributed by atoms with Gasteiger partial charge in [-0.2, -0.15) is 0 Å². The number of nitrogens with zero attached hydrogens (tertiary/aromatic N) is 2. The number of hydrogen-bond acceptors (Lipinski definition) is 4. The maximum atomic E-state index is 13.9.